The Morgan fingerprint density at radius 2 is 2.00 bits per heavy atom. The van der Waals surface area contributed by atoms with E-state index in [0.717, 1.165) is 5.92 Å². The van der Waals surface area contributed by atoms with Crippen LogP contribution in [0.1, 0.15) is 40.0 Å². The molecular weight excluding hydrogens is 224 g/mol. The van der Waals surface area contributed by atoms with Crippen molar-refractivity contribution in [2.75, 3.05) is 13.7 Å². The summed E-state index contributed by atoms with van der Waals surface area (Å²) in [6.45, 7) is 7.59. The third-order valence-corrected chi connectivity index (χ3v) is 3.80. The number of allylic oxidation sites excluding steroid dienone is 2. The summed E-state index contributed by atoms with van der Waals surface area (Å²) < 4.78 is 10.9. The Hall–Kier alpha value is -0.760. The van der Waals surface area contributed by atoms with Crippen molar-refractivity contribution in [3.63, 3.8) is 0 Å². The molecule has 1 rings (SSSR count). The third-order valence-electron chi connectivity index (χ3n) is 3.80. The van der Waals surface area contributed by atoms with Gasteiger partial charge in [0.2, 0.25) is 0 Å². The highest BCUT2D eigenvalue weighted by Crippen LogP contribution is 2.35. The Morgan fingerprint density at radius 1 is 1.22 bits per heavy atom. The molecule has 1 aliphatic carbocycles. The molecule has 1 aliphatic rings. The fourth-order valence-corrected chi connectivity index (χ4v) is 2.69. The number of methoxy groups -OCH3 is 1. The molecule has 2 heteroatoms. The molecule has 3 atom stereocenters. The van der Waals surface area contributed by atoms with Gasteiger partial charge in [-0.1, -0.05) is 39.3 Å². The second-order valence-corrected chi connectivity index (χ2v) is 5.71. The summed E-state index contributed by atoms with van der Waals surface area (Å²) in [5.41, 5.74) is 0. The standard InChI is InChI=1S/C16H28O2/c1-13(2)15-9-8-14(3)12-16(15)18-11-7-5-6-10-17-4/h5-7,11,13-16H,8-10,12H2,1-4H3/b6-5+,11-7+/t14-,15+,16-/m1/s1. The van der Waals surface area contributed by atoms with Crippen LogP contribution >= 0.6 is 0 Å². The molecule has 0 bridgehead atoms. The lowest BCUT2D eigenvalue weighted by Gasteiger charge is -2.36. The molecule has 0 amide bonds. The van der Waals surface area contributed by atoms with Gasteiger partial charge in [0.25, 0.3) is 0 Å². The molecule has 0 radical (unpaired) electrons. The largest absolute Gasteiger partial charge is 0.498 e. The molecule has 0 saturated heterocycles. The highest BCUT2D eigenvalue weighted by Gasteiger charge is 2.31. The minimum absolute atomic E-state index is 0.390. The lowest BCUT2D eigenvalue weighted by Crippen LogP contribution is -2.33. The summed E-state index contributed by atoms with van der Waals surface area (Å²) >= 11 is 0. The van der Waals surface area contributed by atoms with Crippen molar-refractivity contribution in [2.24, 2.45) is 17.8 Å². The molecule has 0 aliphatic heterocycles. The van der Waals surface area contributed by atoms with E-state index in [4.69, 9.17) is 9.47 Å². The molecule has 1 fully saturated rings. The molecule has 1 saturated carbocycles. The van der Waals surface area contributed by atoms with Crippen molar-refractivity contribution in [3.8, 4) is 0 Å². The van der Waals surface area contributed by atoms with E-state index in [-0.39, 0.29) is 0 Å². The van der Waals surface area contributed by atoms with Crippen LogP contribution in [0, 0.1) is 17.8 Å². The summed E-state index contributed by atoms with van der Waals surface area (Å²) in [7, 11) is 1.70. The summed E-state index contributed by atoms with van der Waals surface area (Å²) in [5.74, 6) is 2.20. The first-order valence-electron chi connectivity index (χ1n) is 7.11. The maximum absolute atomic E-state index is 5.93. The summed E-state index contributed by atoms with van der Waals surface area (Å²) in [4.78, 5) is 0. The maximum Gasteiger partial charge on any atom is 0.101 e. The first kappa shape index (κ1) is 15.3. The fraction of sp³-hybridized carbons (Fsp3) is 0.750. The minimum Gasteiger partial charge on any atom is -0.498 e. The Labute approximate surface area is 112 Å². The van der Waals surface area contributed by atoms with E-state index in [9.17, 15) is 0 Å². The van der Waals surface area contributed by atoms with Gasteiger partial charge in [0.1, 0.15) is 6.10 Å². The molecular formula is C16H28O2. The smallest absolute Gasteiger partial charge is 0.101 e. The van der Waals surface area contributed by atoms with Gasteiger partial charge in [-0.25, -0.2) is 0 Å². The van der Waals surface area contributed by atoms with Crippen molar-refractivity contribution in [3.05, 3.63) is 24.5 Å². The third kappa shape index (κ3) is 5.26. The minimum atomic E-state index is 0.390. The van der Waals surface area contributed by atoms with Crippen molar-refractivity contribution >= 4 is 0 Å². The number of ether oxygens (including phenoxy) is 2. The van der Waals surface area contributed by atoms with Crippen molar-refractivity contribution in [1.29, 1.82) is 0 Å². The molecule has 0 aromatic rings. The van der Waals surface area contributed by atoms with Crippen LogP contribution in [0.4, 0.5) is 0 Å². The highest BCUT2D eigenvalue weighted by molar-refractivity contribution is 5.00. The summed E-state index contributed by atoms with van der Waals surface area (Å²) in [6, 6.07) is 0. The van der Waals surface area contributed by atoms with E-state index in [1.54, 1.807) is 7.11 Å². The molecule has 0 N–H and O–H groups in total. The van der Waals surface area contributed by atoms with Gasteiger partial charge in [-0.05, 0) is 36.7 Å². The molecule has 104 valence electrons. The fourth-order valence-electron chi connectivity index (χ4n) is 2.69. The Bertz CT molecular complexity index is 268. The molecule has 0 spiro atoms. The van der Waals surface area contributed by atoms with Crippen LogP contribution in [-0.4, -0.2) is 19.8 Å². The van der Waals surface area contributed by atoms with Crippen LogP contribution in [0.5, 0.6) is 0 Å². The molecule has 0 aromatic carbocycles. The predicted octanol–water partition coefficient (Wildman–Crippen LogP) is 4.18. The molecule has 0 aromatic heterocycles. The van der Waals surface area contributed by atoms with E-state index >= 15 is 0 Å². The highest BCUT2D eigenvalue weighted by atomic mass is 16.5. The van der Waals surface area contributed by atoms with Crippen LogP contribution in [-0.2, 0) is 9.47 Å². The SMILES string of the molecule is COC/C=C/C=C/O[C@@H]1C[C@H](C)CC[C@H]1C(C)C. The van der Waals surface area contributed by atoms with Gasteiger partial charge < -0.3 is 9.47 Å². The second-order valence-electron chi connectivity index (χ2n) is 5.71. The van der Waals surface area contributed by atoms with E-state index in [1.165, 1.54) is 19.3 Å². The number of hydrogen-bond donors (Lipinski definition) is 0. The Balaban J connectivity index is 2.41. The van der Waals surface area contributed by atoms with E-state index in [0.29, 0.717) is 24.5 Å². The van der Waals surface area contributed by atoms with Crippen LogP contribution in [0.25, 0.3) is 0 Å². The lowest BCUT2D eigenvalue weighted by molar-refractivity contribution is 0.0136. The van der Waals surface area contributed by atoms with Crippen LogP contribution in [0.15, 0.2) is 24.5 Å². The zero-order valence-corrected chi connectivity index (χ0v) is 12.3. The second kappa shape index (κ2) is 8.36. The maximum atomic E-state index is 5.93. The molecule has 0 unspecified atom stereocenters. The van der Waals surface area contributed by atoms with Crippen molar-refractivity contribution < 1.29 is 9.47 Å². The predicted molar refractivity (Wildman–Crippen MR) is 76.4 cm³/mol. The van der Waals surface area contributed by atoms with Crippen molar-refractivity contribution in [1.82, 2.24) is 0 Å². The van der Waals surface area contributed by atoms with Gasteiger partial charge in [-0.2, -0.15) is 0 Å². The number of hydrogen-bond acceptors (Lipinski definition) is 2. The Kier molecular flexibility index (Phi) is 7.11. The zero-order valence-electron chi connectivity index (χ0n) is 12.3. The topological polar surface area (TPSA) is 18.5 Å². The van der Waals surface area contributed by atoms with Gasteiger partial charge in [-0.15, -0.1) is 0 Å². The monoisotopic (exact) mass is 252 g/mol. The molecule has 2 nitrogen and oxygen atoms in total. The first-order chi connectivity index (χ1) is 8.65. The quantitative estimate of drug-likeness (QED) is 0.521. The molecule has 18 heavy (non-hydrogen) atoms. The average molecular weight is 252 g/mol. The van der Waals surface area contributed by atoms with E-state index in [2.05, 4.69) is 20.8 Å². The van der Waals surface area contributed by atoms with Crippen molar-refractivity contribution in [2.45, 2.75) is 46.1 Å². The molecule has 0 heterocycles. The summed E-state index contributed by atoms with van der Waals surface area (Å²) in [5, 5.41) is 0. The zero-order chi connectivity index (χ0) is 13.4. The van der Waals surface area contributed by atoms with Crippen LogP contribution in [0.2, 0.25) is 0 Å². The summed E-state index contributed by atoms with van der Waals surface area (Å²) in [6.07, 6.45) is 12.0. The Morgan fingerprint density at radius 3 is 2.67 bits per heavy atom. The van der Waals surface area contributed by atoms with Gasteiger partial charge in [-0.3, -0.25) is 0 Å². The normalized spacial score (nSPS) is 29.5. The van der Waals surface area contributed by atoms with Gasteiger partial charge >= 0.3 is 0 Å². The lowest BCUT2D eigenvalue weighted by atomic mass is 9.75. The van der Waals surface area contributed by atoms with Gasteiger partial charge in [0.05, 0.1) is 12.9 Å². The average Bonchev–Trinajstić information content (AvgIpc) is 2.33. The van der Waals surface area contributed by atoms with Gasteiger partial charge in [0, 0.05) is 7.11 Å². The number of rotatable bonds is 6. The van der Waals surface area contributed by atoms with E-state index < -0.39 is 0 Å². The van der Waals surface area contributed by atoms with Gasteiger partial charge in [0.15, 0.2) is 0 Å². The van der Waals surface area contributed by atoms with Crippen LogP contribution < -0.4 is 0 Å². The first-order valence-corrected chi connectivity index (χ1v) is 7.11. The van der Waals surface area contributed by atoms with E-state index in [1.807, 2.05) is 24.5 Å². The van der Waals surface area contributed by atoms with Crippen LogP contribution in [0.3, 0.4) is 0 Å².